The van der Waals surface area contributed by atoms with Crippen LogP contribution in [-0.2, 0) is 24.9 Å². The van der Waals surface area contributed by atoms with Gasteiger partial charge in [-0.3, -0.25) is 13.9 Å². The van der Waals surface area contributed by atoms with Crippen molar-refractivity contribution in [3.05, 3.63) is 45.1 Å². The first-order chi connectivity index (χ1) is 14.5. The predicted octanol–water partition coefficient (Wildman–Crippen LogP) is 1.73. The highest BCUT2D eigenvalue weighted by Gasteiger charge is 2.29. The van der Waals surface area contributed by atoms with E-state index in [1.807, 2.05) is 35.8 Å². The van der Waals surface area contributed by atoms with E-state index in [4.69, 9.17) is 14.5 Å². The second-order valence-electron chi connectivity index (χ2n) is 7.60. The number of anilines is 2. The highest BCUT2D eigenvalue weighted by Crippen LogP contribution is 2.33. The minimum absolute atomic E-state index is 0.216. The molecule has 9 nitrogen and oxygen atoms in total. The van der Waals surface area contributed by atoms with E-state index in [9.17, 15) is 9.59 Å². The summed E-state index contributed by atoms with van der Waals surface area (Å²) < 4.78 is 15.2. The van der Waals surface area contributed by atoms with E-state index in [0.717, 1.165) is 18.0 Å². The van der Waals surface area contributed by atoms with Crippen LogP contribution in [0.15, 0.2) is 33.9 Å². The number of aryl methyl sites for hydroxylation is 1. The van der Waals surface area contributed by atoms with E-state index < -0.39 is 0 Å². The second kappa shape index (κ2) is 7.98. The molecule has 160 valence electrons. The summed E-state index contributed by atoms with van der Waals surface area (Å²) in [5.74, 6) is 1.74. The fourth-order valence-electron chi connectivity index (χ4n) is 3.98. The molecule has 0 saturated carbocycles. The van der Waals surface area contributed by atoms with Gasteiger partial charge in [0.05, 0.1) is 20.3 Å². The highest BCUT2D eigenvalue weighted by atomic mass is 16.5. The second-order valence-corrected chi connectivity index (χ2v) is 7.60. The summed E-state index contributed by atoms with van der Waals surface area (Å²) >= 11 is 0. The maximum Gasteiger partial charge on any atom is 0.332 e. The number of fused-ring (bicyclic) bond motifs is 3. The Morgan fingerprint density at radius 1 is 1.17 bits per heavy atom. The molecule has 1 aliphatic rings. The van der Waals surface area contributed by atoms with Gasteiger partial charge in [-0.2, -0.15) is 4.98 Å². The molecule has 3 aromatic rings. The molecule has 0 N–H and O–H groups in total. The number of imidazole rings is 1. The molecule has 30 heavy (non-hydrogen) atoms. The molecule has 0 spiro atoms. The standard InChI is InChI=1S/C21H27N5O4/c1-5-30-11-10-24-19(27)17-18(23(3)21(24)28)22-20-25(12-14(2)13-26(17)20)15-6-8-16(29-4)9-7-15/h6-9,14H,5,10-13H2,1-4H3/t14-/m1/s1. The minimum atomic E-state index is -0.383. The smallest absolute Gasteiger partial charge is 0.332 e. The summed E-state index contributed by atoms with van der Waals surface area (Å²) in [6.45, 7) is 6.51. The molecule has 0 radical (unpaired) electrons. The zero-order valence-corrected chi connectivity index (χ0v) is 17.8. The lowest BCUT2D eigenvalue weighted by Gasteiger charge is -2.33. The molecule has 2 aromatic heterocycles. The number of hydrogen-bond acceptors (Lipinski definition) is 6. The lowest BCUT2D eigenvalue weighted by atomic mass is 10.1. The van der Waals surface area contributed by atoms with E-state index >= 15 is 0 Å². The van der Waals surface area contributed by atoms with Crippen LogP contribution in [-0.4, -0.2) is 45.6 Å². The van der Waals surface area contributed by atoms with Crippen molar-refractivity contribution < 1.29 is 9.47 Å². The fraction of sp³-hybridized carbons (Fsp3) is 0.476. The molecule has 0 fully saturated rings. The van der Waals surface area contributed by atoms with Gasteiger partial charge < -0.3 is 18.9 Å². The van der Waals surface area contributed by atoms with Crippen LogP contribution in [0.2, 0.25) is 0 Å². The summed E-state index contributed by atoms with van der Waals surface area (Å²) in [5, 5.41) is 0. The van der Waals surface area contributed by atoms with Crippen molar-refractivity contribution in [2.24, 2.45) is 13.0 Å². The first-order valence-corrected chi connectivity index (χ1v) is 10.2. The summed E-state index contributed by atoms with van der Waals surface area (Å²) in [4.78, 5) is 32.9. The fourth-order valence-corrected chi connectivity index (χ4v) is 3.98. The zero-order valence-electron chi connectivity index (χ0n) is 17.8. The molecule has 1 atom stereocenters. The van der Waals surface area contributed by atoms with Gasteiger partial charge in [-0.05, 0) is 37.1 Å². The van der Waals surface area contributed by atoms with Crippen molar-refractivity contribution in [1.82, 2.24) is 18.7 Å². The Hall–Kier alpha value is -3.07. The quantitative estimate of drug-likeness (QED) is 0.573. The molecule has 1 aromatic carbocycles. The molecular weight excluding hydrogens is 386 g/mol. The minimum Gasteiger partial charge on any atom is -0.497 e. The number of methoxy groups -OCH3 is 1. The molecule has 0 amide bonds. The molecule has 9 heteroatoms. The third-order valence-corrected chi connectivity index (χ3v) is 5.49. The van der Waals surface area contributed by atoms with E-state index in [-0.39, 0.29) is 17.8 Å². The molecule has 0 bridgehead atoms. The predicted molar refractivity (Wildman–Crippen MR) is 115 cm³/mol. The summed E-state index contributed by atoms with van der Waals surface area (Å²) in [6.07, 6.45) is 0. The largest absolute Gasteiger partial charge is 0.497 e. The normalized spacial score (nSPS) is 16.1. The van der Waals surface area contributed by atoms with E-state index in [1.54, 1.807) is 14.2 Å². The Morgan fingerprint density at radius 3 is 2.57 bits per heavy atom. The van der Waals surface area contributed by atoms with Gasteiger partial charge in [-0.25, -0.2) is 4.79 Å². The summed E-state index contributed by atoms with van der Waals surface area (Å²) in [5.41, 5.74) is 1.11. The van der Waals surface area contributed by atoms with Gasteiger partial charge in [0.1, 0.15) is 5.75 Å². The van der Waals surface area contributed by atoms with E-state index in [1.165, 1.54) is 9.13 Å². The van der Waals surface area contributed by atoms with Gasteiger partial charge in [-0.15, -0.1) is 0 Å². The number of ether oxygens (including phenoxy) is 2. The van der Waals surface area contributed by atoms with Crippen LogP contribution in [0.3, 0.4) is 0 Å². The van der Waals surface area contributed by atoms with E-state index in [0.29, 0.717) is 42.8 Å². The molecule has 0 saturated heterocycles. The Kier molecular flexibility index (Phi) is 5.38. The Balaban J connectivity index is 1.88. The maximum atomic E-state index is 13.3. The molecular formula is C21H27N5O4. The SMILES string of the molecule is CCOCCn1c(=O)c2c(nc3n2C[C@H](C)CN3c2ccc(OC)cc2)n(C)c1=O. The summed E-state index contributed by atoms with van der Waals surface area (Å²) in [6, 6.07) is 7.75. The van der Waals surface area contributed by atoms with Crippen molar-refractivity contribution >= 4 is 22.8 Å². The first-order valence-electron chi connectivity index (χ1n) is 10.2. The number of benzene rings is 1. The number of rotatable bonds is 6. The van der Waals surface area contributed by atoms with Gasteiger partial charge in [0.25, 0.3) is 5.56 Å². The van der Waals surface area contributed by atoms with Crippen LogP contribution in [0.1, 0.15) is 13.8 Å². The third kappa shape index (κ3) is 3.28. The molecule has 1 aliphatic heterocycles. The van der Waals surface area contributed by atoms with Crippen LogP contribution in [0.5, 0.6) is 5.75 Å². The molecule has 0 unspecified atom stereocenters. The van der Waals surface area contributed by atoms with Crippen molar-refractivity contribution in [3.63, 3.8) is 0 Å². The monoisotopic (exact) mass is 413 g/mol. The summed E-state index contributed by atoms with van der Waals surface area (Å²) in [7, 11) is 3.29. The van der Waals surface area contributed by atoms with Gasteiger partial charge in [0, 0.05) is 32.4 Å². The van der Waals surface area contributed by atoms with Crippen LogP contribution >= 0.6 is 0 Å². The Bertz CT molecular complexity index is 1180. The number of aromatic nitrogens is 4. The van der Waals surface area contributed by atoms with Gasteiger partial charge in [0.15, 0.2) is 11.2 Å². The van der Waals surface area contributed by atoms with Gasteiger partial charge in [-0.1, -0.05) is 6.92 Å². The maximum absolute atomic E-state index is 13.3. The topological polar surface area (TPSA) is 83.5 Å². The highest BCUT2D eigenvalue weighted by molar-refractivity contribution is 5.77. The molecule has 3 heterocycles. The number of hydrogen-bond donors (Lipinski definition) is 0. The van der Waals surface area contributed by atoms with Crippen LogP contribution < -0.4 is 20.9 Å². The van der Waals surface area contributed by atoms with Crippen molar-refractivity contribution in [2.45, 2.75) is 26.9 Å². The first kappa shape index (κ1) is 20.2. The third-order valence-electron chi connectivity index (χ3n) is 5.49. The Morgan fingerprint density at radius 2 is 1.90 bits per heavy atom. The average Bonchev–Trinajstić information content (AvgIpc) is 3.13. The Labute approximate surface area is 174 Å². The molecule has 4 rings (SSSR count). The van der Waals surface area contributed by atoms with Crippen molar-refractivity contribution in [2.75, 3.05) is 31.8 Å². The lowest BCUT2D eigenvalue weighted by Crippen LogP contribution is -2.41. The zero-order chi connectivity index (χ0) is 21.4. The van der Waals surface area contributed by atoms with Gasteiger partial charge >= 0.3 is 5.69 Å². The van der Waals surface area contributed by atoms with Crippen molar-refractivity contribution in [3.8, 4) is 5.75 Å². The van der Waals surface area contributed by atoms with E-state index in [2.05, 4.69) is 11.8 Å². The molecule has 0 aliphatic carbocycles. The van der Waals surface area contributed by atoms with Crippen molar-refractivity contribution in [1.29, 1.82) is 0 Å². The van der Waals surface area contributed by atoms with Crippen LogP contribution in [0, 0.1) is 5.92 Å². The lowest BCUT2D eigenvalue weighted by molar-refractivity contribution is 0.137. The van der Waals surface area contributed by atoms with Crippen LogP contribution in [0.25, 0.3) is 11.2 Å². The van der Waals surface area contributed by atoms with Gasteiger partial charge in [0.2, 0.25) is 5.95 Å². The number of nitrogens with zero attached hydrogens (tertiary/aromatic N) is 5. The average molecular weight is 413 g/mol. The van der Waals surface area contributed by atoms with Crippen LogP contribution in [0.4, 0.5) is 11.6 Å².